The summed E-state index contributed by atoms with van der Waals surface area (Å²) in [6, 6.07) is 3.49. The van der Waals surface area contributed by atoms with E-state index < -0.39 is 5.82 Å². The molecule has 1 rings (SSSR count). The summed E-state index contributed by atoms with van der Waals surface area (Å²) in [5.74, 6) is -0.122. The first kappa shape index (κ1) is 18.1. The molecule has 2 N–H and O–H groups in total. The smallest absolute Gasteiger partial charge is 0.190 e. The third-order valence-electron chi connectivity index (χ3n) is 2.46. The fourth-order valence-electron chi connectivity index (χ4n) is 1.51. The largest absolute Gasteiger partial charge is 0.356 e. The van der Waals surface area contributed by atoms with Crippen molar-refractivity contribution in [1.82, 2.24) is 10.6 Å². The van der Waals surface area contributed by atoms with Gasteiger partial charge in [0.05, 0.1) is 0 Å². The maximum atomic E-state index is 13.3. The summed E-state index contributed by atoms with van der Waals surface area (Å²) < 4.78 is 26.3. The minimum Gasteiger partial charge on any atom is -0.356 e. The Morgan fingerprint density at radius 3 is 2.53 bits per heavy atom. The van der Waals surface area contributed by atoms with Crippen molar-refractivity contribution in [3.8, 4) is 0 Å². The molecule has 0 fully saturated rings. The van der Waals surface area contributed by atoms with Gasteiger partial charge in [-0.1, -0.05) is 6.92 Å². The number of hydrogen-bond acceptors (Lipinski definition) is 1. The second kappa shape index (κ2) is 9.94. The molecule has 19 heavy (non-hydrogen) atoms. The van der Waals surface area contributed by atoms with Gasteiger partial charge in [-0.2, -0.15) is 0 Å². The summed E-state index contributed by atoms with van der Waals surface area (Å²) in [6.07, 6.45) is 1.41. The lowest BCUT2D eigenvalue weighted by molar-refractivity contribution is 0.583. The fraction of sp³-hybridized carbons (Fsp3) is 0.462. The average molecular weight is 383 g/mol. The minimum absolute atomic E-state index is 0. The molecule has 1 aromatic rings. The Kier molecular flexibility index (Phi) is 9.46. The number of nitrogens with zero attached hydrogens (tertiary/aromatic N) is 1. The highest BCUT2D eigenvalue weighted by Crippen LogP contribution is 2.09. The standard InChI is InChI=1S/C13H19F2N3.HI/c1-3-7-17-13(16-2)18-8-6-10-9-11(14)4-5-12(10)15;/h4-5,9H,3,6-8H2,1-2H3,(H2,16,17,18);1H. The highest BCUT2D eigenvalue weighted by molar-refractivity contribution is 14.0. The summed E-state index contributed by atoms with van der Waals surface area (Å²) in [5, 5.41) is 6.15. The SMILES string of the molecule is CCCNC(=NC)NCCc1cc(F)ccc1F.I. The Bertz CT molecular complexity index is 411. The van der Waals surface area contributed by atoms with Gasteiger partial charge in [0, 0.05) is 20.1 Å². The second-order valence-electron chi connectivity index (χ2n) is 3.91. The first-order chi connectivity index (χ1) is 8.67. The second-order valence-corrected chi connectivity index (χ2v) is 3.91. The van der Waals surface area contributed by atoms with Crippen LogP contribution >= 0.6 is 24.0 Å². The van der Waals surface area contributed by atoms with Crippen LogP contribution in [0.5, 0.6) is 0 Å². The van der Waals surface area contributed by atoms with E-state index in [2.05, 4.69) is 22.5 Å². The predicted octanol–water partition coefficient (Wildman–Crippen LogP) is 2.70. The van der Waals surface area contributed by atoms with Gasteiger partial charge in [0.1, 0.15) is 11.6 Å². The highest BCUT2D eigenvalue weighted by atomic mass is 127. The summed E-state index contributed by atoms with van der Waals surface area (Å²) in [6.45, 7) is 3.39. The number of guanidine groups is 1. The van der Waals surface area contributed by atoms with E-state index in [9.17, 15) is 8.78 Å². The molecular formula is C13H20F2IN3. The van der Waals surface area contributed by atoms with E-state index in [-0.39, 0.29) is 29.8 Å². The van der Waals surface area contributed by atoms with Crippen molar-refractivity contribution in [3.05, 3.63) is 35.4 Å². The summed E-state index contributed by atoms with van der Waals surface area (Å²) in [4.78, 5) is 4.02. The lowest BCUT2D eigenvalue weighted by Gasteiger charge is -2.11. The number of halogens is 3. The third-order valence-corrected chi connectivity index (χ3v) is 2.46. The molecule has 1 aromatic carbocycles. The molecule has 0 amide bonds. The zero-order chi connectivity index (χ0) is 13.4. The topological polar surface area (TPSA) is 36.4 Å². The molecule has 0 aliphatic heterocycles. The molecule has 0 aliphatic carbocycles. The summed E-state index contributed by atoms with van der Waals surface area (Å²) in [5.41, 5.74) is 0.369. The Balaban J connectivity index is 0.00000324. The van der Waals surface area contributed by atoms with E-state index in [1.807, 2.05) is 0 Å². The molecule has 6 heteroatoms. The van der Waals surface area contributed by atoms with E-state index in [0.29, 0.717) is 24.5 Å². The van der Waals surface area contributed by atoms with Crippen LogP contribution in [0.15, 0.2) is 23.2 Å². The molecule has 0 radical (unpaired) electrons. The molecule has 0 bridgehead atoms. The van der Waals surface area contributed by atoms with Gasteiger partial charge in [-0.3, -0.25) is 4.99 Å². The highest BCUT2D eigenvalue weighted by Gasteiger charge is 2.04. The van der Waals surface area contributed by atoms with Crippen molar-refractivity contribution in [2.45, 2.75) is 19.8 Å². The van der Waals surface area contributed by atoms with Crippen molar-refractivity contribution in [1.29, 1.82) is 0 Å². The Morgan fingerprint density at radius 1 is 1.21 bits per heavy atom. The van der Waals surface area contributed by atoms with Crippen molar-refractivity contribution in [2.75, 3.05) is 20.1 Å². The molecule has 0 saturated heterocycles. The van der Waals surface area contributed by atoms with Crippen molar-refractivity contribution < 1.29 is 8.78 Å². The third kappa shape index (κ3) is 6.70. The molecule has 0 aliphatic rings. The van der Waals surface area contributed by atoms with Crippen molar-refractivity contribution in [2.24, 2.45) is 4.99 Å². The molecule has 0 spiro atoms. The molecule has 0 heterocycles. The molecular weight excluding hydrogens is 363 g/mol. The lowest BCUT2D eigenvalue weighted by Crippen LogP contribution is -2.38. The van der Waals surface area contributed by atoms with Crippen LogP contribution in [0.1, 0.15) is 18.9 Å². The first-order valence-electron chi connectivity index (χ1n) is 6.05. The van der Waals surface area contributed by atoms with E-state index in [1.54, 1.807) is 7.05 Å². The monoisotopic (exact) mass is 383 g/mol. The van der Waals surface area contributed by atoms with Gasteiger partial charge in [0.25, 0.3) is 0 Å². The number of nitrogens with one attached hydrogen (secondary N) is 2. The Morgan fingerprint density at radius 2 is 1.89 bits per heavy atom. The Hall–Kier alpha value is -0.920. The maximum absolute atomic E-state index is 13.3. The average Bonchev–Trinajstić information content (AvgIpc) is 2.37. The van der Waals surface area contributed by atoms with E-state index in [4.69, 9.17) is 0 Å². The van der Waals surface area contributed by atoms with E-state index in [0.717, 1.165) is 25.1 Å². The van der Waals surface area contributed by atoms with Crippen LogP contribution in [-0.2, 0) is 6.42 Å². The normalized spacial score (nSPS) is 10.8. The molecule has 3 nitrogen and oxygen atoms in total. The fourth-order valence-corrected chi connectivity index (χ4v) is 1.51. The molecule has 0 atom stereocenters. The zero-order valence-electron chi connectivity index (χ0n) is 11.2. The van der Waals surface area contributed by atoms with Crippen molar-refractivity contribution in [3.63, 3.8) is 0 Å². The first-order valence-corrected chi connectivity index (χ1v) is 6.05. The zero-order valence-corrected chi connectivity index (χ0v) is 13.5. The predicted molar refractivity (Wildman–Crippen MR) is 85.1 cm³/mol. The van der Waals surface area contributed by atoms with Gasteiger partial charge < -0.3 is 10.6 Å². The van der Waals surface area contributed by atoms with Crippen LogP contribution in [0.2, 0.25) is 0 Å². The van der Waals surface area contributed by atoms with Gasteiger partial charge in [0.15, 0.2) is 5.96 Å². The summed E-state index contributed by atoms with van der Waals surface area (Å²) >= 11 is 0. The lowest BCUT2D eigenvalue weighted by atomic mass is 10.1. The van der Waals surface area contributed by atoms with Crippen LogP contribution in [-0.4, -0.2) is 26.1 Å². The van der Waals surface area contributed by atoms with E-state index >= 15 is 0 Å². The van der Waals surface area contributed by atoms with Gasteiger partial charge in [-0.25, -0.2) is 8.78 Å². The number of benzene rings is 1. The minimum atomic E-state index is -0.417. The molecule has 0 aromatic heterocycles. The quantitative estimate of drug-likeness (QED) is 0.466. The molecule has 0 unspecified atom stereocenters. The van der Waals surface area contributed by atoms with Crippen LogP contribution in [0.4, 0.5) is 8.78 Å². The molecule has 0 saturated carbocycles. The van der Waals surface area contributed by atoms with Crippen LogP contribution < -0.4 is 10.6 Å². The number of aliphatic imine (C=N–C) groups is 1. The van der Waals surface area contributed by atoms with Crippen molar-refractivity contribution >= 4 is 29.9 Å². The Labute approximate surface area is 129 Å². The van der Waals surface area contributed by atoms with Crippen LogP contribution in [0.25, 0.3) is 0 Å². The number of rotatable bonds is 5. The van der Waals surface area contributed by atoms with Gasteiger partial charge in [-0.05, 0) is 36.6 Å². The van der Waals surface area contributed by atoms with E-state index in [1.165, 1.54) is 6.07 Å². The van der Waals surface area contributed by atoms with Crippen LogP contribution in [0, 0.1) is 11.6 Å². The van der Waals surface area contributed by atoms with Gasteiger partial charge in [0.2, 0.25) is 0 Å². The maximum Gasteiger partial charge on any atom is 0.190 e. The summed E-state index contributed by atoms with van der Waals surface area (Å²) in [7, 11) is 1.67. The van der Waals surface area contributed by atoms with Gasteiger partial charge in [-0.15, -0.1) is 24.0 Å². The van der Waals surface area contributed by atoms with Crippen LogP contribution in [0.3, 0.4) is 0 Å². The number of hydrogen-bond donors (Lipinski definition) is 2. The molecule has 108 valence electrons. The van der Waals surface area contributed by atoms with Gasteiger partial charge >= 0.3 is 0 Å².